The molecule has 1 aromatic carbocycles. The van der Waals surface area contributed by atoms with Gasteiger partial charge >= 0.3 is 0 Å². The maximum Gasteiger partial charge on any atom is 0.187 e. The van der Waals surface area contributed by atoms with Crippen LogP contribution in [0.5, 0.6) is 0 Å². The van der Waals surface area contributed by atoms with Gasteiger partial charge in [0.2, 0.25) is 0 Å². The minimum Gasteiger partial charge on any atom is -0.347 e. The van der Waals surface area contributed by atoms with Gasteiger partial charge in [0.05, 0.1) is 6.61 Å². The Morgan fingerprint density at radius 3 is 2.61 bits per heavy atom. The first kappa shape index (κ1) is 10.9. The van der Waals surface area contributed by atoms with Crippen molar-refractivity contribution < 1.29 is 23.3 Å². The molecule has 0 N–H and O–H groups in total. The molecule has 3 saturated heterocycles. The van der Waals surface area contributed by atoms with Crippen molar-refractivity contribution in [2.24, 2.45) is 0 Å². The van der Waals surface area contributed by atoms with Crippen LogP contribution in [-0.2, 0) is 18.9 Å². The molecule has 96 valence electrons. The molecule has 0 saturated carbocycles. The maximum atomic E-state index is 14.1. The van der Waals surface area contributed by atoms with Crippen molar-refractivity contribution in [3.05, 3.63) is 35.9 Å². The average molecular weight is 252 g/mol. The quantitative estimate of drug-likeness (QED) is 0.760. The first-order valence-electron chi connectivity index (χ1n) is 6.10. The van der Waals surface area contributed by atoms with E-state index in [1.165, 1.54) is 0 Å². The maximum absolute atomic E-state index is 14.1. The van der Waals surface area contributed by atoms with E-state index in [0.717, 1.165) is 5.56 Å². The number of alkyl halides is 1. The van der Waals surface area contributed by atoms with Crippen LogP contribution >= 0.6 is 0 Å². The normalized spacial score (nSPS) is 46.1. The number of ether oxygens (including phenoxy) is 4. The van der Waals surface area contributed by atoms with E-state index in [0.29, 0.717) is 0 Å². The second-order valence-electron chi connectivity index (χ2n) is 4.76. The summed E-state index contributed by atoms with van der Waals surface area (Å²) in [5, 5.41) is 0. The predicted molar refractivity (Wildman–Crippen MR) is 58.4 cm³/mol. The average Bonchev–Trinajstić information content (AvgIpc) is 3.04. The fourth-order valence-corrected chi connectivity index (χ4v) is 2.71. The molecule has 0 radical (unpaired) electrons. The number of hydrogen-bond acceptors (Lipinski definition) is 4. The second kappa shape index (κ2) is 3.99. The molecule has 18 heavy (non-hydrogen) atoms. The zero-order valence-electron chi connectivity index (χ0n) is 9.57. The number of hydrogen-bond donors (Lipinski definition) is 0. The summed E-state index contributed by atoms with van der Waals surface area (Å²) in [6.45, 7) is 0.279. The van der Waals surface area contributed by atoms with E-state index in [4.69, 9.17) is 18.9 Å². The molecule has 0 aliphatic carbocycles. The van der Waals surface area contributed by atoms with Crippen LogP contribution in [0.4, 0.5) is 4.39 Å². The van der Waals surface area contributed by atoms with Gasteiger partial charge in [-0.2, -0.15) is 0 Å². The fourth-order valence-electron chi connectivity index (χ4n) is 2.71. The van der Waals surface area contributed by atoms with Crippen LogP contribution in [0.25, 0.3) is 0 Å². The van der Waals surface area contributed by atoms with Crippen LogP contribution in [-0.4, -0.2) is 37.4 Å². The Hall–Kier alpha value is -1.01. The smallest absolute Gasteiger partial charge is 0.187 e. The molecule has 3 heterocycles. The largest absolute Gasteiger partial charge is 0.347 e. The Morgan fingerprint density at radius 1 is 1.00 bits per heavy atom. The van der Waals surface area contributed by atoms with Crippen LogP contribution in [0.1, 0.15) is 11.9 Å². The van der Waals surface area contributed by atoms with Crippen molar-refractivity contribution in [3.8, 4) is 0 Å². The van der Waals surface area contributed by atoms with E-state index in [9.17, 15) is 4.39 Å². The molecule has 4 rings (SSSR count). The highest BCUT2D eigenvalue weighted by Gasteiger charge is 2.57. The summed E-state index contributed by atoms with van der Waals surface area (Å²) < 4.78 is 36.3. The van der Waals surface area contributed by atoms with Gasteiger partial charge in [-0.1, -0.05) is 30.3 Å². The number of benzene rings is 1. The van der Waals surface area contributed by atoms with Gasteiger partial charge in [0.25, 0.3) is 0 Å². The Kier molecular flexibility index (Phi) is 2.41. The molecule has 0 amide bonds. The van der Waals surface area contributed by atoms with Gasteiger partial charge in [-0.05, 0) is 0 Å². The minimum absolute atomic E-state index is 0.279. The molecule has 6 atom stereocenters. The van der Waals surface area contributed by atoms with Gasteiger partial charge in [-0.3, -0.25) is 0 Å². The summed E-state index contributed by atoms with van der Waals surface area (Å²) in [7, 11) is 0. The van der Waals surface area contributed by atoms with E-state index in [1.54, 1.807) is 0 Å². The van der Waals surface area contributed by atoms with E-state index >= 15 is 0 Å². The van der Waals surface area contributed by atoms with Gasteiger partial charge in [0.1, 0.15) is 18.3 Å². The first-order valence-corrected chi connectivity index (χ1v) is 6.10. The Labute approximate surface area is 104 Å². The fraction of sp³-hybridized carbons (Fsp3) is 0.538. The monoisotopic (exact) mass is 252 g/mol. The third kappa shape index (κ3) is 1.52. The van der Waals surface area contributed by atoms with Crippen molar-refractivity contribution in [1.29, 1.82) is 0 Å². The molecule has 3 aliphatic rings. The molecule has 4 nitrogen and oxygen atoms in total. The van der Waals surface area contributed by atoms with Gasteiger partial charge in [-0.25, -0.2) is 4.39 Å². The van der Waals surface area contributed by atoms with Crippen LogP contribution in [0.3, 0.4) is 0 Å². The lowest BCUT2D eigenvalue weighted by atomic mass is 10.0. The summed E-state index contributed by atoms with van der Waals surface area (Å²) in [6.07, 6.45) is -3.83. The van der Waals surface area contributed by atoms with E-state index < -0.39 is 37.1 Å². The highest BCUT2D eigenvalue weighted by Crippen LogP contribution is 2.42. The molecule has 0 unspecified atom stereocenters. The molecular weight excluding hydrogens is 239 g/mol. The Bertz CT molecular complexity index is 434. The van der Waals surface area contributed by atoms with Crippen LogP contribution in [0.2, 0.25) is 0 Å². The first-order chi connectivity index (χ1) is 8.83. The van der Waals surface area contributed by atoms with Gasteiger partial charge in [0.15, 0.2) is 18.8 Å². The van der Waals surface area contributed by atoms with Gasteiger partial charge < -0.3 is 18.9 Å². The standard InChI is InChI=1S/C13H13FO4/c14-9-8-6-15-13(16-8)11-10(9)17-12(18-11)7-4-2-1-3-5-7/h1-5,8-13H,6H2/t8-,9+,10+,11+,12+,13-/m1/s1. The molecule has 1 aromatic rings. The molecule has 2 bridgehead atoms. The third-order valence-electron chi connectivity index (χ3n) is 3.63. The van der Waals surface area contributed by atoms with E-state index in [2.05, 4.69) is 0 Å². The zero-order chi connectivity index (χ0) is 12.1. The van der Waals surface area contributed by atoms with E-state index in [-0.39, 0.29) is 6.61 Å². The zero-order valence-corrected chi connectivity index (χ0v) is 9.57. The highest BCUT2D eigenvalue weighted by atomic mass is 19.1. The predicted octanol–water partition coefficient (Wildman–Crippen LogP) is 1.56. The summed E-state index contributed by atoms with van der Waals surface area (Å²) in [5.41, 5.74) is 0.884. The number of halogens is 1. The Morgan fingerprint density at radius 2 is 1.78 bits per heavy atom. The summed E-state index contributed by atoms with van der Waals surface area (Å²) in [4.78, 5) is 0. The summed E-state index contributed by atoms with van der Waals surface area (Å²) in [5.74, 6) is 0. The highest BCUT2D eigenvalue weighted by molar-refractivity contribution is 5.17. The molecule has 0 aromatic heterocycles. The van der Waals surface area contributed by atoms with Crippen molar-refractivity contribution in [2.45, 2.75) is 37.1 Å². The van der Waals surface area contributed by atoms with E-state index in [1.807, 2.05) is 30.3 Å². The Balaban J connectivity index is 1.60. The van der Waals surface area contributed by atoms with Crippen molar-refractivity contribution in [2.75, 3.05) is 6.61 Å². The van der Waals surface area contributed by atoms with Crippen molar-refractivity contribution >= 4 is 0 Å². The van der Waals surface area contributed by atoms with Gasteiger partial charge in [-0.15, -0.1) is 0 Å². The summed E-state index contributed by atoms with van der Waals surface area (Å²) >= 11 is 0. The lowest BCUT2D eigenvalue weighted by Crippen LogP contribution is -2.50. The SMILES string of the molecule is F[C@@H]1[C@@H]2O[C@H](c3ccccc3)O[C@@H]2[C@@H]2OC[C@H]1O2. The van der Waals surface area contributed by atoms with Crippen LogP contribution < -0.4 is 0 Å². The number of rotatable bonds is 1. The van der Waals surface area contributed by atoms with Crippen LogP contribution in [0.15, 0.2) is 30.3 Å². The van der Waals surface area contributed by atoms with Crippen LogP contribution in [0, 0.1) is 0 Å². The van der Waals surface area contributed by atoms with Crippen molar-refractivity contribution in [1.82, 2.24) is 0 Å². The minimum atomic E-state index is -1.19. The van der Waals surface area contributed by atoms with Crippen molar-refractivity contribution in [3.63, 3.8) is 0 Å². The molecule has 0 spiro atoms. The topological polar surface area (TPSA) is 36.9 Å². The third-order valence-corrected chi connectivity index (χ3v) is 3.63. The second-order valence-corrected chi connectivity index (χ2v) is 4.76. The molecule has 3 fully saturated rings. The summed E-state index contributed by atoms with van der Waals surface area (Å²) in [6, 6.07) is 9.51. The van der Waals surface area contributed by atoms with Gasteiger partial charge in [0, 0.05) is 5.56 Å². The number of fused-ring (bicyclic) bond motifs is 4. The lowest BCUT2D eigenvalue weighted by molar-refractivity contribution is -0.182. The molecular formula is C13H13FO4. The molecule has 5 heteroatoms. The molecule has 3 aliphatic heterocycles. The lowest BCUT2D eigenvalue weighted by Gasteiger charge is -2.30.